The molecule has 1 aromatic heterocycles. The summed E-state index contributed by atoms with van der Waals surface area (Å²) in [5, 5.41) is 4.16. The van der Waals surface area contributed by atoms with E-state index in [0.29, 0.717) is 37.0 Å². The quantitative estimate of drug-likeness (QED) is 0.575. The molecule has 5 nitrogen and oxygen atoms in total. The van der Waals surface area contributed by atoms with E-state index < -0.39 is 0 Å². The Balaban J connectivity index is 1.52. The molecule has 2 aromatic carbocycles. The van der Waals surface area contributed by atoms with Gasteiger partial charge in [0.05, 0.1) is 0 Å². The van der Waals surface area contributed by atoms with E-state index in [1.807, 2.05) is 17.0 Å². The zero-order valence-corrected chi connectivity index (χ0v) is 17.3. The predicted octanol–water partition coefficient (Wildman–Crippen LogP) is 5.29. The Morgan fingerprint density at radius 1 is 1.07 bits per heavy atom. The van der Waals surface area contributed by atoms with Gasteiger partial charge in [0.1, 0.15) is 6.04 Å². The van der Waals surface area contributed by atoms with Crippen LogP contribution in [0.4, 0.5) is 0 Å². The molecule has 3 aromatic rings. The number of amides is 1. The summed E-state index contributed by atoms with van der Waals surface area (Å²) < 4.78 is 5.57. The number of benzene rings is 2. The molecular formula is C24H27N3O2. The molecule has 0 bridgehead atoms. The molecule has 1 aliphatic rings. The molecule has 150 valence electrons. The van der Waals surface area contributed by atoms with Crippen LogP contribution in [0.15, 0.2) is 53.1 Å². The second kappa shape index (κ2) is 8.19. The van der Waals surface area contributed by atoms with E-state index in [-0.39, 0.29) is 11.9 Å². The molecule has 1 atom stereocenters. The summed E-state index contributed by atoms with van der Waals surface area (Å²) in [4.78, 5) is 19.0. The molecule has 29 heavy (non-hydrogen) atoms. The van der Waals surface area contributed by atoms with Crippen LogP contribution in [0.3, 0.4) is 0 Å². The summed E-state index contributed by atoms with van der Waals surface area (Å²) >= 11 is 0. The molecule has 1 aliphatic heterocycles. The lowest BCUT2D eigenvalue weighted by atomic mass is 10.0. The molecule has 1 unspecified atom stereocenters. The van der Waals surface area contributed by atoms with Crippen LogP contribution in [0.2, 0.25) is 0 Å². The van der Waals surface area contributed by atoms with Gasteiger partial charge in [-0.15, -0.1) is 0 Å². The summed E-state index contributed by atoms with van der Waals surface area (Å²) in [6.45, 7) is 7.05. The highest BCUT2D eigenvalue weighted by Gasteiger charge is 2.36. The lowest BCUT2D eigenvalue weighted by molar-refractivity contribution is -0.129. The number of likely N-dealkylation sites (tertiary alicyclic amines) is 1. The number of carbonyl (C=O) groups excluding carboxylic acids is 1. The zero-order chi connectivity index (χ0) is 20.4. The fourth-order valence-corrected chi connectivity index (χ4v) is 3.77. The topological polar surface area (TPSA) is 59.2 Å². The molecule has 5 heteroatoms. The largest absolute Gasteiger partial charge is 0.337 e. The highest BCUT2D eigenvalue weighted by molar-refractivity contribution is 5.78. The number of nitrogens with zero attached hydrogens (tertiary/aromatic N) is 3. The van der Waals surface area contributed by atoms with Crippen molar-refractivity contribution in [3.8, 4) is 11.4 Å². The average molecular weight is 389 g/mol. The smallest absolute Gasteiger partial charge is 0.249 e. The summed E-state index contributed by atoms with van der Waals surface area (Å²) in [5.74, 6) is 1.72. The minimum absolute atomic E-state index is 0.134. The maximum atomic E-state index is 12.5. The standard InChI is InChI=1S/C24H27N3O2/c1-4-17-5-11-20(12-6-17)23-25-24(29-26-23)21-13-14-22(28)27(21)15-18-7-9-19(10-8-18)16(2)3/h5-12,16,21H,4,13-15H2,1-3H3. The molecule has 4 rings (SSSR count). The van der Waals surface area contributed by atoms with Gasteiger partial charge in [-0.2, -0.15) is 4.98 Å². The van der Waals surface area contributed by atoms with E-state index in [9.17, 15) is 4.79 Å². The Morgan fingerprint density at radius 2 is 1.76 bits per heavy atom. The number of carbonyl (C=O) groups is 1. The van der Waals surface area contributed by atoms with E-state index in [4.69, 9.17) is 4.52 Å². The first-order valence-corrected chi connectivity index (χ1v) is 10.4. The van der Waals surface area contributed by atoms with Gasteiger partial charge in [-0.3, -0.25) is 4.79 Å². The van der Waals surface area contributed by atoms with Crippen LogP contribution < -0.4 is 0 Å². The Bertz CT molecular complexity index is 974. The minimum Gasteiger partial charge on any atom is -0.337 e. The molecule has 0 saturated carbocycles. The number of rotatable bonds is 6. The molecule has 0 spiro atoms. The van der Waals surface area contributed by atoms with Gasteiger partial charge in [0.2, 0.25) is 17.6 Å². The number of hydrogen-bond donors (Lipinski definition) is 0. The van der Waals surface area contributed by atoms with Crippen molar-refractivity contribution in [2.75, 3.05) is 0 Å². The van der Waals surface area contributed by atoms with Crippen LogP contribution in [0.25, 0.3) is 11.4 Å². The van der Waals surface area contributed by atoms with E-state index in [0.717, 1.165) is 17.5 Å². The first-order chi connectivity index (χ1) is 14.0. The third kappa shape index (κ3) is 4.09. The monoisotopic (exact) mass is 389 g/mol. The van der Waals surface area contributed by atoms with Gasteiger partial charge in [-0.05, 0) is 35.4 Å². The third-order valence-corrected chi connectivity index (χ3v) is 5.67. The van der Waals surface area contributed by atoms with E-state index >= 15 is 0 Å². The third-order valence-electron chi connectivity index (χ3n) is 5.67. The Hall–Kier alpha value is -2.95. The van der Waals surface area contributed by atoms with Crippen molar-refractivity contribution in [2.24, 2.45) is 0 Å². The van der Waals surface area contributed by atoms with Gasteiger partial charge in [0.25, 0.3) is 0 Å². The van der Waals surface area contributed by atoms with Crippen LogP contribution in [-0.4, -0.2) is 20.9 Å². The molecule has 0 aliphatic carbocycles. The molecule has 0 radical (unpaired) electrons. The maximum absolute atomic E-state index is 12.5. The van der Waals surface area contributed by atoms with Gasteiger partial charge in [-0.25, -0.2) is 0 Å². The van der Waals surface area contributed by atoms with Crippen LogP contribution in [0.5, 0.6) is 0 Å². The molecule has 2 heterocycles. The van der Waals surface area contributed by atoms with Crippen LogP contribution in [-0.2, 0) is 17.8 Å². The lowest BCUT2D eigenvalue weighted by Gasteiger charge is -2.22. The fourth-order valence-electron chi connectivity index (χ4n) is 3.77. The van der Waals surface area contributed by atoms with Gasteiger partial charge in [0.15, 0.2) is 0 Å². The van der Waals surface area contributed by atoms with Crippen molar-refractivity contribution in [3.63, 3.8) is 0 Å². The lowest BCUT2D eigenvalue weighted by Crippen LogP contribution is -2.27. The highest BCUT2D eigenvalue weighted by Crippen LogP contribution is 2.34. The Labute approximate surface area is 171 Å². The van der Waals surface area contributed by atoms with Crippen molar-refractivity contribution in [1.82, 2.24) is 15.0 Å². The van der Waals surface area contributed by atoms with E-state index in [1.54, 1.807) is 0 Å². The predicted molar refractivity (Wildman–Crippen MR) is 112 cm³/mol. The van der Waals surface area contributed by atoms with Gasteiger partial charge in [-0.1, -0.05) is 74.5 Å². The van der Waals surface area contributed by atoms with Crippen molar-refractivity contribution < 1.29 is 9.32 Å². The maximum Gasteiger partial charge on any atom is 0.249 e. The van der Waals surface area contributed by atoms with Gasteiger partial charge in [0, 0.05) is 18.5 Å². The molecule has 1 amide bonds. The fraction of sp³-hybridized carbons (Fsp3) is 0.375. The van der Waals surface area contributed by atoms with Crippen molar-refractivity contribution >= 4 is 5.91 Å². The first-order valence-electron chi connectivity index (χ1n) is 10.4. The molecule has 1 saturated heterocycles. The highest BCUT2D eigenvalue weighted by atomic mass is 16.5. The molecule has 0 N–H and O–H groups in total. The van der Waals surface area contributed by atoms with Crippen LogP contribution in [0.1, 0.15) is 68.2 Å². The van der Waals surface area contributed by atoms with E-state index in [2.05, 4.69) is 67.3 Å². The van der Waals surface area contributed by atoms with Crippen LogP contribution in [0, 0.1) is 0 Å². The molecular weight excluding hydrogens is 362 g/mol. The zero-order valence-electron chi connectivity index (χ0n) is 17.3. The second-order valence-corrected chi connectivity index (χ2v) is 7.98. The summed E-state index contributed by atoms with van der Waals surface area (Å²) in [6, 6.07) is 16.5. The average Bonchev–Trinajstić information content (AvgIpc) is 3.36. The van der Waals surface area contributed by atoms with Crippen molar-refractivity contribution in [1.29, 1.82) is 0 Å². The second-order valence-electron chi connectivity index (χ2n) is 7.98. The Kier molecular flexibility index (Phi) is 5.47. The minimum atomic E-state index is -0.163. The number of aromatic nitrogens is 2. The summed E-state index contributed by atoms with van der Waals surface area (Å²) in [6.07, 6.45) is 2.21. The van der Waals surface area contributed by atoms with Gasteiger partial charge < -0.3 is 9.42 Å². The van der Waals surface area contributed by atoms with Crippen LogP contribution >= 0.6 is 0 Å². The Morgan fingerprint density at radius 3 is 2.41 bits per heavy atom. The number of aryl methyl sites for hydroxylation is 1. The summed E-state index contributed by atoms with van der Waals surface area (Å²) in [5.41, 5.74) is 4.61. The first kappa shape index (κ1) is 19.4. The SMILES string of the molecule is CCc1ccc(-c2noc(C3CCC(=O)N3Cc3ccc(C(C)C)cc3)n2)cc1. The number of hydrogen-bond acceptors (Lipinski definition) is 4. The molecule has 1 fully saturated rings. The van der Waals surface area contributed by atoms with Gasteiger partial charge >= 0.3 is 0 Å². The summed E-state index contributed by atoms with van der Waals surface area (Å²) in [7, 11) is 0. The normalized spacial score (nSPS) is 16.8. The van der Waals surface area contributed by atoms with Crippen molar-refractivity contribution in [2.45, 2.75) is 58.5 Å². The van der Waals surface area contributed by atoms with Crippen molar-refractivity contribution in [3.05, 3.63) is 71.1 Å². The van der Waals surface area contributed by atoms with E-state index in [1.165, 1.54) is 11.1 Å².